The molecule has 0 aromatic rings. The quantitative estimate of drug-likeness (QED) is 0.670. The van der Waals surface area contributed by atoms with Gasteiger partial charge in [-0.15, -0.1) is 0 Å². The van der Waals surface area contributed by atoms with Gasteiger partial charge in [0.05, 0.1) is 6.54 Å². The summed E-state index contributed by atoms with van der Waals surface area (Å²) < 4.78 is 0. The van der Waals surface area contributed by atoms with Gasteiger partial charge in [-0.25, -0.2) is 0 Å². The standard InChI is InChI=1S/C11H22N2OS/c1-2-15-9-5-6-12-10-11(14)13-7-3-4-8-13/h12H,2-10H2,1H3. The topological polar surface area (TPSA) is 32.3 Å². The van der Waals surface area contributed by atoms with E-state index in [1.165, 1.54) is 24.3 Å². The lowest BCUT2D eigenvalue weighted by Crippen LogP contribution is -2.36. The molecule has 1 amide bonds. The first kappa shape index (κ1) is 12.8. The van der Waals surface area contributed by atoms with E-state index < -0.39 is 0 Å². The lowest BCUT2D eigenvalue weighted by molar-refractivity contribution is -0.129. The molecule has 0 saturated carbocycles. The summed E-state index contributed by atoms with van der Waals surface area (Å²) in [6.07, 6.45) is 3.52. The summed E-state index contributed by atoms with van der Waals surface area (Å²) in [7, 11) is 0. The number of likely N-dealkylation sites (tertiary alicyclic amines) is 1. The zero-order chi connectivity index (χ0) is 10.9. The number of hydrogen-bond donors (Lipinski definition) is 1. The predicted octanol–water partition coefficient (Wildman–Crippen LogP) is 1.34. The molecule has 0 unspecified atom stereocenters. The van der Waals surface area contributed by atoms with Gasteiger partial charge in [0.2, 0.25) is 5.91 Å². The van der Waals surface area contributed by atoms with Crippen molar-refractivity contribution in [3.8, 4) is 0 Å². The van der Waals surface area contributed by atoms with Crippen LogP contribution in [-0.4, -0.2) is 48.5 Å². The van der Waals surface area contributed by atoms with Crippen molar-refractivity contribution in [2.75, 3.05) is 37.7 Å². The molecule has 1 aliphatic rings. The van der Waals surface area contributed by atoms with Crippen LogP contribution >= 0.6 is 11.8 Å². The lowest BCUT2D eigenvalue weighted by atomic mass is 10.4. The van der Waals surface area contributed by atoms with Crippen LogP contribution in [0.25, 0.3) is 0 Å². The van der Waals surface area contributed by atoms with Crippen molar-refractivity contribution in [1.82, 2.24) is 10.2 Å². The minimum atomic E-state index is 0.274. The normalized spacial score (nSPS) is 15.9. The van der Waals surface area contributed by atoms with Gasteiger partial charge in [0.1, 0.15) is 0 Å². The Balaban J connectivity index is 1.92. The highest BCUT2D eigenvalue weighted by molar-refractivity contribution is 7.99. The molecule has 15 heavy (non-hydrogen) atoms. The Hall–Kier alpha value is -0.220. The first-order valence-electron chi connectivity index (χ1n) is 5.91. The Kier molecular flexibility index (Phi) is 6.85. The summed E-state index contributed by atoms with van der Waals surface area (Å²) in [4.78, 5) is 13.6. The molecule has 1 saturated heterocycles. The Morgan fingerprint density at radius 2 is 2.13 bits per heavy atom. The zero-order valence-electron chi connectivity index (χ0n) is 9.63. The molecule has 0 aromatic heterocycles. The molecule has 0 bridgehead atoms. The number of nitrogens with zero attached hydrogens (tertiary/aromatic N) is 1. The van der Waals surface area contributed by atoms with E-state index in [4.69, 9.17) is 0 Å². The van der Waals surface area contributed by atoms with Crippen LogP contribution in [0, 0.1) is 0 Å². The predicted molar refractivity (Wildman–Crippen MR) is 66.3 cm³/mol. The average molecular weight is 230 g/mol. The van der Waals surface area contributed by atoms with Crippen LogP contribution in [0.3, 0.4) is 0 Å². The van der Waals surface area contributed by atoms with Gasteiger partial charge in [-0.05, 0) is 37.3 Å². The largest absolute Gasteiger partial charge is 0.342 e. The Morgan fingerprint density at radius 1 is 1.40 bits per heavy atom. The van der Waals surface area contributed by atoms with Crippen molar-refractivity contribution in [2.45, 2.75) is 26.2 Å². The highest BCUT2D eigenvalue weighted by atomic mass is 32.2. The number of amides is 1. The number of nitrogens with one attached hydrogen (secondary N) is 1. The van der Waals surface area contributed by atoms with Crippen molar-refractivity contribution in [1.29, 1.82) is 0 Å². The first-order chi connectivity index (χ1) is 7.34. The van der Waals surface area contributed by atoms with Crippen molar-refractivity contribution in [3.63, 3.8) is 0 Å². The van der Waals surface area contributed by atoms with E-state index in [9.17, 15) is 4.79 Å². The Labute approximate surface area is 97.0 Å². The summed E-state index contributed by atoms with van der Waals surface area (Å²) in [6, 6.07) is 0. The van der Waals surface area contributed by atoms with Crippen LogP contribution in [0.1, 0.15) is 26.2 Å². The third-order valence-corrected chi connectivity index (χ3v) is 3.57. The lowest BCUT2D eigenvalue weighted by Gasteiger charge is -2.15. The fourth-order valence-corrected chi connectivity index (χ4v) is 2.35. The second-order valence-corrected chi connectivity index (χ2v) is 5.21. The Bertz CT molecular complexity index is 181. The molecule has 1 N–H and O–H groups in total. The number of rotatable bonds is 7. The van der Waals surface area contributed by atoms with E-state index in [0.29, 0.717) is 6.54 Å². The molecular weight excluding hydrogens is 208 g/mol. The summed E-state index contributed by atoms with van der Waals surface area (Å²) in [5.74, 6) is 2.66. The number of carbonyl (C=O) groups is 1. The molecule has 0 aromatic carbocycles. The molecule has 3 nitrogen and oxygen atoms in total. The molecule has 1 heterocycles. The third kappa shape index (κ3) is 5.42. The number of hydrogen-bond acceptors (Lipinski definition) is 3. The van der Waals surface area contributed by atoms with Crippen LogP contribution < -0.4 is 5.32 Å². The molecule has 1 rings (SSSR count). The van der Waals surface area contributed by atoms with E-state index >= 15 is 0 Å². The van der Waals surface area contributed by atoms with Crippen LogP contribution in [0.5, 0.6) is 0 Å². The van der Waals surface area contributed by atoms with Crippen molar-refractivity contribution in [3.05, 3.63) is 0 Å². The van der Waals surface area contributed by atoms with Crippen molar-refractivity contribution < 1.29 is 4.79 Å². The summed E-state index contributed by atoms with van der Waals surface area (Å²) in [6.45, 7) is 5.59. The maximum absolute atomic E-state index is 11.6. The molecule has 1 aliphatic heterocycles. The second-order valence-electron chi connectivity index (χ2n) is 3.82. The first-order valence-corrected chi connectivity index (χ1v) is 7.06. The average Bonchev–Trinajstić information content (AvgIpc) is 2.76. The molecule has 0 spiro atoms. The van der Waals surface area contributed by atoms with E-state index in [-0.39, 0.29) is 5.91 Å². The molecule has 0 atom stereocenters. The van der Waals surface area contributed by atoms with Crippen LogP contribution in [-0.2, 0) is 4.79 Å². The SMILES string of the molecule is CCSCCCNCC(=O)N1CCCC1. The maximum atomic E-state index is 11.6. The van der Waals surface area contributed by atoms with E-state index in [1.54, 1.807) is 0 Å². The Morgan fingerprint density at radius 3 is 2.80 bits per heavy atom. The molecule has 0 aliphatic carbocycles. The zero-order valence-corrected chi connectivity index (χ0v) is 10.4. The minimum Gasteiger partial charge on any atom is -0.342 e. The van der Waals surface area contributed by atoms with Gasteiger partial charge in [0, 0.05) is 13.1 Å². The summed E-state index contributed by atoms with van der Waals surface area (Å²) in [5.41, 5.74) is 0. The molecule has 4 heteroatoms. The van der Waals surface area contributed by atoms with Gasteiger partial charge < -0.3 is 10.2 Å². The molecular formula is C11H22N2OS. The highest BCUT2D eigenvalue weighted by Crippen LogP contribution is 2.06. The van der Waals surface area contributed by atoms with Crippen LogP contribution in [0.15, 0.2) is 0 Å². The molecule has 0 radical (unpaired) electrons. The van der Waals surface area contributed by atoms with Gasteiger partial charge in [-0.1, -0.05) is 6.92 Å². The fraction of sp³-hybridized carbons (Fsp3) is 0.909. The second kappa shape index (κ2) is 7.99. The van der Waals surface area contributed by atoms with E-state index in [0.717, 1.165) is 26.1 Å². The molecule has 88 valence electrons. The van der Waals surface area contributed by atoms with Crippen LogP contribution in [0.4, 0.5) is 0 Å². The smallest absolute Gasteiger partial charge is 0.236 e. The van der Waals surface area contributed by atoms with Crippen molar-refractivity contribution >= 4 is 17.7 Å². The van der Waals surface area contributed by atoms with Gasteiger partial charge in [0.15, 0.2) is 0 Å². The molecule has 1 fully saturated rings. The van der Waals surface area contributed by atoms with Crippen LogP contribution in [0.2, 0.25) is 0 Å². The summed E-state index contributed by atoms with van der Waals surface area (Å²) >= 11 is 1.96. The monoisotopic (exact) mass is 230 g/mol. The van der Waals surface area contributed by atoms with Crippen molar-refractivity contribution in [2.24, 2.45) is 0 Å². The minimum absolute atomic E-state index is 0.274. The summed E-state index contributed by atoms with van der Waals surface area (Å²) in [5, 5.41) is 3.22. The van der Waals surface area contributed by atoms with E-state index in [2.05, 4.69) is 12.2 Å². The number of carbonyl (C=O) groups excluding carboxylic acids is 1. The fourth-order valence-electron chi connectivity index (χ4n) is 1.72. The number of thioether (sulfide) groups is 1. The highest BCUT2D eigenvalue weighted by Gasteiger charge is 2.16. The van der Waals surface area contributed by atoms with Gasteiger partial charge >= 0.3 is 0 Å². The van der Waals surface area contributed by atoms with Gasteiger partial charge in [-0.2, -0.15) is 11.8 Å². The van der Waals surface area contributed by atoms with E-state index in [1.807, 2.05) is 16.7 Å². The van der Waals surface area contributed by atoms with Gasteiger partial charge in [-0.3, -0.25) is 4.79 Å². The van der Waals surface area contributed by atoms with Gasteiger partial charge in [0.25, 0.3) is 0 Å². The maximum Gasteiger partial charge on any atom is 0.236 e. The third-order valence-electron chi connectivity index (χ3n) is 2.58.